The zero-order chi connectivity index (χ0) is 12.6. The average molecular weight is 236 g/mol. The number of likely N-dealkylation sites (tertiary alicyclic amines) is 1. The van der Waals surface area contributed by atoms with Crippen molar-refractivity contribution in [3.05, 3.63) is 12.2 Å². The van der Waals surface area contributed by atoms with Crippen LogP contribution in [0.15, 0.2) is 6.33 Å². The first-order valence-corrected chi connectivity index (χ1v) is 5.64. The molecule has 1 unspecified atom stereocenters. The van der Waals surface area contributed by atoms with Crippen LogP contribution in [0.2, 0.25) is 0 Å². The highest BCUT2D eigenvalue weighted by atomic mass is 16.2. The van der Waals surface area contributed by atoms with E-state index in [9.17, 15) is 9.59 Å². The number of carbonyl (C=O) groups is 2. The lowest BCUT2D eigenvalue weighted by atomic mass is 9.78. The maximum absolute atomic E-state index is 12.2. The summed E-state index contributed by atoms with van der Waals surface area (Å²) in [4.78, 5) is 29.3. The Hall–Kier alpha value is -1.72. The Kier molecular flexibility index (Phi) is 2.73. The fourth-order valence-electron chi connectivity index (χ4n) is 1.97. The zero-order valence-corrected chi connectivity index (χ0v) is 10.2. The predicted octanol–water partition coefficient (Wildman–Crippen LogP) is 0.726. The van der Waals surface area contributed by atoms with Crippen molar-refractivity contribution in [2.75, 3.05) is 0 Å². The molecule has 6 nitrogen and oxygen atoms in total. The molecule has 0 aliphatic carbocycles. The summed E-state index contributed by atoms with van der Waals surface area (Å²) in [6, 6.07) is 0. The van der Waals surface area contributed by atoms with E-state index < -0.39 is 5.41 Å². The molecule has 17 heavy (non-hydrogen) atoms. The molecular weight excluding hydrogens is 220 g/mol. The second-order valence-corrected chi connectivity index (χ2v) is 4.97. The second-order valence-electron chi connectivity index (χ2n) is 4.97. The lowest BCUT2D eigenvalue weighted by Gasteiger charge is -2.25. The third kappa shape index (κ3) is 1.83. The average Bonchev–Trinajstić information content (AvgIpc) is 2.82. The molecule has 1 aliphatic rings. The first-order valence-electron chi connectivity index (χ1n) is 5.64. The number of nitrogens with one attached hydrogen (secondary N) is 1. The molecule has 92 valence electrons. The van der Waals surface area contributed by atoms with E-state index in [1.807, 2.05) is 20.8 Å². The molecule has 2 heterocycles. The molecule has 0 radical (unpaired) electrons. The molecular formula is C11H16N4O2. The molecule has 1 atom stereocenters. The summed E-state index contributed by atoms with van der Waals surface area (Å²) in [5.41, 5.74) is -0.586. The fraction of sp³-hybridized carbons (Fsp3) is 0.636. The summed E-state index contributed by atoms with van der Waals surface area (Å²) in [5.74, 6) is 0.412. The topological polar surface area (TPSA) is 79.0 Å². The normalized spacial score (nSPS) is 25.1. The van der Waals surface area contributed by atoms with E-state index in [1.54, 1.807) is 0 Å². The number of aromatic nitrogens is 3. The number of carbonyl (C=O) groups excluding carboxylic acids is 2. The monoisotopic (exact) mass is 236 g/mol. The third-order valence-electron chi connectivity index (χ3n) is 3.60. The van der Waals surface area contributed by atoms with Gasteiger partial charge in [-0.25, -0.2) is 4.98 Å². The van der Waals surface area contributed by atoms with Gasteiger partial charge in [0.1, 0.15) is 12.2 Å². The smallest absolute Gasteiger partial charge is 0.236 e. The first kappa shape index (κ1) is 11.8. The minimum absolute atomic E-state index is 0.117. The van der Waals surface area contributed by atoms with Gasteiger partial charge in [0, 0.05) is 6.42 Å². The van der Waals surface area contributed by atoms with Gasteiger partial charge in [-0.3, -0.25) is 19.6 Å². The van der Waals surface area contributed by atoms with Crippen molar-refractivity contribution in [1.82, 2.24) is 20.1 Å². The minimum atomic E-state index is -0.586. The van der Waals surface area contributed by atoms with Gasteiger partial charge in [0.15, 0.2) is 0 Å². The van der Waals surface area contributed by atoms with Crippen molar-refractivity contribution in [2.45, 2.75) is 33.7 Å². The van der Waals surface area contributed by atoms with Crippen LogP contribution in [0.1, 0.15) is 33.0 Å². The Morgan fingerprint density at radius 2 is 2.24 bits per heavy atom. The molecule has 1 N–H and O–H groups in total. The van der Waals surface area contributed by atoms with E-state index in [2.05, 4.69) is 15.2 Å². The highest BCUT2D eigenvalue weighted by Gasteiger charge is 2.49. The molecule has 6 heteroatoms. The molecule has 0 saturated carbocycles. The summed E-state index contributed by atoms with van der Waals surface area (Å²) in [5, 5.41) is 6.35. The fourth-order valence-corrected chi connectivity index (χ4v) is 1.97. The largest absolute Gasteiger partial charge is 0.274 e. The van der Waals surface area contributed by atoms with Gasteiger partial charge in [0.25, 0.3) is 0 Å². The molecule has 1 aliphatic heterocycles. The van der Waals surface area contributed by atoms with Crippen molar-refractivity contribution in [2.24, 2.45) is 11.3 Å². The Balaban J connectivity index is 2.20. The molecule has 1 aromatic heterocycles. The van der Waals surface area contributed by atoms with Crippen LogP contribution in [0.4, 0.5) is 0 Å². The van der Waals surface area contributed by atoms with Crippen LogP contribution < -0.4 is 0 Å². The van der Waals surface area contributed by atoms with Gasteiger partial charge in [-0.05, 0) is 12.8 Å². The van der Waals surface area contributed by atoms with Crippen LogP contribution in [-0.4, -0.2) is 31.9 Å². The Labute approximate surface area is 99.4 Å². The van der Waals surface area contributed by atoms with Gasteiger partial charge in [0.05, 0.1) is 12.0 Å². The van der Waals surface area contributed by atoms with Gasteiger partial charge >= 0.3 is 0 Å². The lowest BCUT2D eigenvalue weighted by Crippen LogP contribution is -2.36. The molecule has 0 aromatic carbocycles. The quantitative estimate of drug-likeness (QED) is 0.784. The van der Waals surface area contributed by atoms with Crippen LogP contribution in [0.25, 0.3) is 0 Å². The highest BCUT2D eigenvalue weighted by molar-refractivity contribution is 6.05. The maximum Gasteiger partial charge on any atom is 0.236 e. The number of nitrogens with zero attached hydrogens (tertiary/aromatic N) is 3. The van der Waals surface area contributed by atoms with Crippen molar-refractivity contribution in [3.8, 4) is 0 Å². The second kappa shape index (κ2) is 3.94. The molecule has 2 rings (SSSR count). The maximum atomic E-state index is 12.2. The van der Waals surface area contributed by atoms with Crippen LogP contribution in [0.3, 0.4) is 0 Å². The van der Waals surface area contributed by atoms with Gasteiger partial charge < -0.3 is 0 Å². The van der Waals surface area contributed by atoms with E-state index in [0.717, 1.165) is 0 Å². The van der Waals surface area contributed by atoms with Crippen LogP contribution >= 0.6 is 0 Å². The predicted molar refractivity (Wildman–Crippen MR) is 59.5 cm³/mol. The Bertz CT molecular complexity index is 440. The van der Waals surface area contributed by atoms with Crippen molar-refractivity contribution >= 4 is 11.8 Å². The van der Waals surface area contributed by atoms with Gasteiger partial charge in [0.2, 0.25) is 11.8 Å². The zero-order valence-electron chi connectivity index (χ0n) is 10.2. The van der Waals surface area contributed by atoms with Crippen molar-refractivity contribution in [1.29, 1.82) is 0 Å². The number of amides is 2. The van der Waals surface area contributed by atoms with Crippen molar-refractivity contribution in [3.63, 3.8) is 0 Å². The van der Waals surface area contributed by atoms with Crippen molar-refractivity contribution < 1.29 is 9.59 Å². The molecule has 1 saturated heterocycles. The molecule has 0 bridgehead atoms. The first-order chi connectivity index (χ1) is 7.95. The summed E-state index contributed by atoms with van der Waals surface area (Å²) < 4.78 is 0. The molecule has 2 amide bonds. The SMILES string of the molecule is CC(C)C1(C)CC(=O)N(Cc2ncn[nH]2)C1=O. The summed E-state index contributed by atoms with van der Waals surface area (Å²) in [6.45, 7) is 5.95. The van der Waals surface area contributed by atoms with E-state index in [0.29, 0.717) is 5.82 Å². The number of aromatic amines is 1. The van der Waals surface area contributed by atoms with E-state index in [-0.39, 0.29) is 30.7 Å². The summed E-state index contributed by atoms with van der Waals surface area (Å²) >= 11 is 0. The standard InChI is InChI=1S/C11H16N4O2/c1-7(2)11(3)4-9(16)15(10(11)17)5-8-12-6-13-14-8/h6-7H,4-5H2,1-3H3,(H,12,13,14). The van der Waals surface area contributed by atoms with E-state index in [1.165, 1.54) is 11.2 Å². The van der Waals surface area contributed by atoms with Gasteiger partial charge in [-0.1, -0.05) is 13.8 Å². The van der Waals surface area contributed by atoms with E-state index in [4.69, 9.17) is 0 Å². The van der Waals surface area contributed by atoms with Crippen LogP contribution in [0.5, 0.6) is 0 Å². The number of H-pyrrole nitrogens is 1. The van der Waals surface area contributed by atoms with Crippen LogP contribution in [-0.2, 0) is 16.1 Å². The molecule has 1 fully saturated rings. The molecule has 0 spiro atoms. The minimum Gasteiger partial charge on any atom is -0.274 e. The highest BCUT2D eigenvalue weighted by Crippen LogP contribution is 2.39. The Morgan fingerprint density at radius 1 is 1.53 bits per heavy atom. The number of hydrogen-bond donors (Lipinski definition) is 1. The van der Waals surface area contributed by atoms with Gasteiger partial charge in [-0.15, -0.1) is 0 Å². The summed E-state index contributed by atoms with van der Waals surface area (Å²) in [6.07, 6.45) is 1.64. The van der Waals surface area contributed by atoms with Crippen LogP contribution in [0, 0.1) is 11.3 Å². The lowest BCUT2D eigenvalue weighted by molar-refractivity contribution is -0.142. The molecule has 1 aromatic rings. The number of imide groups is 1. The van der Waals surface area contributed by atoms with E-state index >= 15 is 0 Å². The number of hydrogen-bond acceptors (Lipinski definition) is 4. The summed E-state index contributed by atoms with van der Waals surface area (Å²) in [7, 11) is 0. The Morgan fingerprint density at radius 3 is 2.71 bits per heavy atom. The third-order valence-corrected chi connectivity index (χ3v) is 3.60. The van der Waals surface area contributed by atoms with Gasteiger partial charge in [-0.2, -0.15) is 5.10 Å². The number of rotatable bonds is 3.